The van der Waals surface area contributed by atoms with Crippen molar-refractivity contribution in [2.75, 3.05) is 7.11 Å². The number of rotatable bonds is 6. The number of carbonyl (C=O) groups is 1. The fourth-order valence-electron chi connectivity index (χ4n) is 2.41. The van der Waals surface area contributed by atoms with Crippen molar-refractivity contribution < 1.29 is 19.7 Å². The largest absolute Gasteiger partial charge is 0.507 e. The molecule has 0 atom stereocenters. The molecule has 5 nitrogen and oxygen atoms in total. The van der Waals surface area contributed by atoms with Crippen LogP contribution in [0.3, 0.4) is 0 Å². The summed E-state index contributed by atoms with van der Waals surface area (Å²) in [6.07, 6.45) is 3.04. The number of benzene rings is 1. The van der Waals surface area contributed by atoms with Crippen LogP contribution in [0.5, 0.6) is 11.5 Å². The van der Waals surface area contributed by atoms with Gasteiger partial charge in [0.25, 0.3) is 5.91 Å². The van der Waals surface area contributed by atoms with E-state index < -0.39 is 5.91 Å². The van der Waals surface area contributed by atoms with Crippen LogP contribution >= 0.6 is 0 Å². The molecule has 0 aromatic heterocycles. The number of primary amides is 1. The van der Waals surface area contributed by atoms with Gasteiger partial charge in [-0.2, -0.15) is 0 Å². The maximum Gasteiger partial charge on any atom is 0.253 e. The minimum absolute atomic E-state index is 0.00369. The Hall–Kier alpha value is -2.39. The van der Waals surface area contributed by atoms with Crippen LogP contribution in [0.25, 0.3) is 6.08 Å². The zero-order valence-electron chi connectivity index (χ0n) is 13.5. The van der Waals surface area contributed by atoms with E-state index in [2.05, 4.69) is 5.73 Å². The molecule has 0 heterocycles. The Balaban J connectivity index is 3.82. The highest BCUT2D eigenvalue weighted by molar-refractivity contribution is 6.01. The van der Waals surface area contributed by atoms with Crippen molar-refractivity contribution in [3.05, 3.63) is 33.7 Å². The third kappa shape index (κ3) is 3.26. The second kappa shape index (κ2) is 7.57. The monoisotopic (exact) mass is 305 g/mol. The fraction of sp³-hybridized carbons (Fsp3) is 0.412. The van der Waals surface area contributed by atoms with E-state index in [4.69, 9.17) is 10.5 Å². The lowest BCUT2D eigenvalue weighted by Crippen LogP contribution is -2.15. The van der Waals surface area contributed by atoms with Crippen molar-refractivity contribution in [3.8, 4) is 11.5 Å². The number of ether oxygens (including phenoxy) is 1. The molecule has 0 unspecified atom stereocenters. The van der Waals surface area contributed by atoms with Gasteiger partial charge in [0.1, 0.15) is 17.3 Å². The van der Waals surface area contributed by atoms with Gasteiger partial charge >= 0.3 is 0 Å². The Morgan fingerprint density at radius 2 is 1.77 bits per heavy atom. The summed E-state index contributed by atoms with van der Waals surface area (Å²) in [4.78, 5) is 11.8. The molecule has 0 aliphatic carbocycles. The normalized spacial score (nSPS) is 10.0. The minimum Gasteiger partial charge on any atom is -0.507 e. The molecule has 22 heavy (non-hydrogen) atoms. The van der Waals surface area contributed by atoms with Crippen LogP contribution < -0.4 is 5.73 Å². The van der Waals surface area contributed by atoms with E-state index in [0.717, 1.165) is 0 Å². The number of carbonyl (C=O) groups excluding carboxylic acids is 1. The van der Waals surface area contributed by atoms with Crippen LogP contribution in [0.1, 0.15) is 54.2 Å². The minimum atomic E-state index is -0.745. The Labute approximate surface area is 130 Å². The van der Waals surface area contributed by atoms with E-state index in [1.165, 1.54) is 13.2 Å². The standard InChI is InChI=1S/C17H23NO4/c1-5-10(22-4)8-9-13-11(6-2)15(19)12(7-3)16(20)14(13)17(18)21/h9,19-20H,5-7H2,1-4H3,(H2,18,21). The van der Waals surface area contributed by atoms with Gasteiger partial charge in [0, 0.05) is 23.1 Å². The SMILES string of the molecule is CCC(=C=Cc1c(CC)c(O)c(CC)c(O)c1C(N)=O)OC. The summed E-state index contributed by atoms with van der Waals surface area (Å²) < 4.78 is 5.13. The molecule has 1 aromatic carbocycles. The summed E-state index contributed by atoms with van der Waals surface area (Å²) in [6, 6.07) is 0. The van der Waals surface area contributed by atoms with Crippen molar-refractivity contribution in [1.29, 1.82) is 0 Å². The van der Waals surface area contributed by atoms with E-state index in [-0.39, 0.29) is 17.1 Å². The van der Waals surface area contributed by atoms with Gasteiger partial charge in [-0.3, -0.25) is 4.79 Å². The highest BCUT2D eigenvalue weighted by Crippen LogP contribution is 2.39. The lowest BCUT2D eigenvalue weighted by atomic mass is 9.91. The number of hydrogen-bond donors (Lipinski definition) is 3. The predicted molar refractivity (Wildman–Crippen MR) is 85.8 cm³/mol. The number of aromatic hydroxyl groups is 2. The summed E-state index contributed by atoms with van der Waals surface area (Å²) in [5.74, 6) is -0.425. The maximum absolute atomic E-state index is 11.8. The van der Waals surface area contributed by atoms with Crippen LogP contribution in [0.4, 0.5) is 0 Å². The van der Waals surface area contributed by atoms with Gasteiger partial charge in [0.2, 0.25) is 0 Å². The molecule has 5 heteroatoms. The molecule has 1 rings (SSSR count). The topological polar surface area (TPSA) is 92.8 Å². The second-order valence-corrected chi connectivity index (χ2v) is 4.78. The first-order chi connectivity index (χ1) is 10.4. The van der Waals surface area contributed by atoms with Crippen molar-refractivity contribution in [2.45, 2.75) is 40.0 Å². The third-order valence-corrected chi connectivity index (χ3v) is 3.59. The first-order valence-corrected chi connectivity index (χ1v) is 7.31. The van der Waals surface area contributed by atoms with Crippen molar-refractivity contribution in [3.63, 3.8) is 0 Å². The number of phenolic OH excluding ortho intramolecular Hbond substituents is 1. The van der Waals surface area contributed by atoms with Crippen molar-refractivity contribution in [2.24, 2.45) is 5.73 Å². The molecule has 0 spiro atoms. The lowest BCUT2D eigenvalue weighted by Gasteiger charge is -2.16. The zero-order valence-corrected chi connectivity index (χ0v) is 13.5. The van der Waals surface area contributed by atoms with Crippen LogP contribution in [-0.4, -0.2) is 23.2 Å². The van der Waals surface area contributed by atoms with Gasteiger partial charge in [-0.15, -0.1) is 0 Å². The summed E-state index contributed by atoms with van der Waals surface area (Å²) in [5, 5.41) is 20.6. The summed E-state index contributed by atoms with van der Waals surface area (Å²) >= 11 is 0. The summed E-state index contributed by atoms with van der Waals surface area (Å²) in [7, 11) is 1.53. The number of amides is 1. The number of nitrogens with two attached hydrogens (primary N) is 1. The number of allylic oxidation sites excluding steroid dienone is 1. The lowest BCUT2D eigenvalue weighted by molar-refractivity contribution is 0.0997. The van der Waals surface area contributed by atoms with Crippen LogP contribution in [0.2, 0.25) is 0 Å². The van der Waals surface area contributed by atoms with E-state index in [1.807, 2.05) is 13.8 Å². The molecule has 120 valence electrons. The quantitative estimate of drug-likeness (QED) is 0.556. The van der Waals surface area contributed by atoms with Crippen LogP contribution in [0, 0.1) is 0 Å². The number of methoxy groups -OCH3 is 1. The van der Waals surface area contributed by atoms with Gasteiger partial charge < -0.3 is 20.7 Å². The van der Waals surface area contributed by atoms with E-state index in [1.54, 1.807) is 6.92 Å². The highest BCUT2D eigenvalue weighted by atomic mass is 16.5. The van der Waals surface area contributed by atoms with Crippen LogP contribution in [0.15, 0.2) is 11.5 Å². The van der Waals surface area contributed by atoms with Crippen LogP contribution in [-0.2, 0) is 17.6 Å². The molecular weight excluding hydrogens is 282 g/mol. The van der Waals surface area contributed by atoms with Gasteiger partial charge in [-0.25, -0.2) is 0 Å². The Bertz CT molecular complexity index is 635. The Kier molecular flexibility index (Phi) is 6.08. The first-order valence-electron chi connectivity index (χ1n) is 7.31. The third-order valence-electron chi connectivity index (χ3n) is 3.59. The van der Waals surface area contributed by atoms with E-state index in [0.29, 0.717) is 41.7 Å². The van der Waals surface area contributed by atoms with Gasteiger partial charge in [0.15, 0.2) is 0 Å². The van der Waals surface area contributed by atoms with Gasteiger partial charge in [-0.05, 0) is 18.9 Å². The molecule has 1 amide bonds. The smallest absolute Gasteiger partial charge is 0.253 e. The molecule has 0 aliphatic rings. The number of phenols is 2. The maximum atomic E-state index is 11.8. The van der Waals surface area contributed by atoms with Gasteiger partial charge in [0.05, 0.1) is 12.7 Å². The molecule has 0 aliphatic heterocycles. The summed E-state index contributed by atoms with van der Waals surface area (Å²) in [6.45, 7) is 5.55. The average molecular weight is 305 g/mol. The van der Waals surface area contributed by atoms with E-state index >= 15 is 0 Å². The Morgan fingerprint density at radius 3 is 2.18 bits per heavy atom. The molecular formula is C17H23NO4. The fourth-order valence-corrected chi connectivity index (χ4v) is 2.41. The molecule has 1 aromatic rings. The highest BCUT2D eigenvalue weighted by Gasteiger charge is 2.23. The first kappa shape index (κ1) is 17.7. The zero-order chi connectivity index (χ0) is 16.9. The Morgan fingerprint density at radius 1 is 1.18 bits per heavy atom. The average Bonchev–Trinajstić information content (AvgIpc) is 2.48. The molecule has 0 saturated carbocycles. The molecule has 4 N–H and O–H groups in total. The molecule has 0 fully saturated rings. The molecule has 0 bridgehead atoms. The van der Waals surface area contributed by atoms with E-state index in [9.17, 15) is 15.0 Å². The summed E-state index contributed by atoms with van der Waals surface area (Å²) in [5.41, 5.74) is 9.63. The second-order valence-electron chi connectivity index (χ2n) is 4.78. The predicted octanol–water partition coefficient (Wildman–Crippen LogP) is 2.87. The van der Waals surface area contributed by atoms with Crippen molar-refractivity contribution in [1.82, 2.24) is 0 Å². The molecule has 0 radical (unpaired) electrons. The van der Waals surface area contributed by atoms with Crippen molar-refractivity contribution >= 4 is 12.0 Å². The van der Waals surface area contributed by atoms with Gasteiger partial charge in [-0.1, -0.05) is 26.5 Å². The molecule has 0 saturated heterocycles. The number of hydrogen-bond acceptors (Lipinski definition) is 4.